The van der Waals surface area contributed by atoms with Crippen molar-refractivity contribution in [2.45, 2.75) is 0 Å². The van der Waals surface area contributed by atoms with Gasteiger partial charge in [-0.25, -0.2) is 0 Å². The van der Waals surface area contributed by atoms with E-state index in [1.165, 1.54) is 5.54 Å². The highest BCUT2D eigenvalue weighted by atomic mass is 35.5. The van der Waals surface area contributed by atoms with Crippen LogP contribution < -0.4 is 0 Å². The van der Waals surface area contributed by atoms with Gasteiger partial charge < -0.3 is 0 Å². The summed E-state index contributed by atoms with van der Waals surface area (Å²) in [6.07, 6.45) is 0. The quantitative estimate of drug-likeness (QED) is 0.509. The van der Waals surface area contributed by atoms with Gasteiger partial charge in [0, 0.05) is 0 Å². The first kappa shape index (κ1) is 10.4. The SMILES string of the molecule is C=C(Cl)Cl.C=CCl. The second kappa shape index (κ2) is 9.61. The molecule has 7 heavy (non-hydrogen) atoms. The van der Waals surface area contributed by atoms with Crippen LogP contribution in [0.2, 0.25) is 0 Å². The molecular formula is C4H5Cl3. The molecular weight excluding hydrogens is 154 g/mol. The summed E-state index contributed by atoms with van der Waals surface area (Å²) in [5.41, 5.74) is 1.22. The van der Waals surface area contributed by atoms with Gasteiger partial charge in [0.15, 0.2) is 0 Å². The summed E-state index contributed by atoms with van der Waals surface area (Å²) in [6, 6.07) is 0. The Morgan fingerprint density at radius 1 is 1.43 bits per heavy atom. The molecule has 0 bridgehead atoms. The third-order valence-electron chi connectivity index (χ3n) is 0. The lowest BCUT2D eigenvalue weighted by atomic mass is 11.3. The van der Waals surface area contributed by atoms with Crippen molar-refractivity contribution in [3.8, 4) is 0 Å². The van der Waals surface area contributed by atoms with Crippen molar-refractivity contribution in [3.63, 3.8) is 0 Å². The van der Waals surface area contributed by atoms with Crippen LogP contribution in [-0.2, 0) is 0 Å². The van der Waals surface area contributed by atoms with E-state index in [9.17, 15) is 0 Å². The molecule has 0 aromatic heterocycles. The minimum atomic E-state index is 0.111. The highest BCUT2D eigenvalue weighted by molar-refractivity contribution is 6.55. The van der Waals surface area contributed by atoms with Crippen LogP contribution >= 0.6 is 34.8 Å². The third kappa shape index (κ3) is 981. The molecule has 0 nitrogen and oxygen atoms in total. The number of hydrogen-bond acceptors (Lipinski definition) is 0. The van der Waals surface area contributed by atoms with Crippen molar-refractivity contribution < 1.29 is 0 Å². The lowest BCUT2D eigenvalue weighted by Gasteiger charge is -1.57. The number of hydrogen-bond donors (Lipinski definition) is 0. The molecule has 3 heteroatoms. The zero-order valence-electron chi connectivity index (χ0n) is 3.63. The minimum Gasteiger partial charge on any atom is -0.0936 e. The van der Waals surface area contributed by atoms with Crippen molar-refractivity contribution in [2.75, 3.05) is 0 Å². The van der Waals surface area contributed by atoms with Gasteiger partial charge in [0.1, 0.15) is 0 Å². The van der Waals surface area contributed by atoms with E-state index in [4.69, 9.17) is 34.8 Å². The van der Waals surface area contributed by atoms with Crippen molar-refractivity contribution in [3.05, 3.63) is 23.2 Å². The predicted molar refractivity (Wildman–Crippen MR) is 36.9 cm³/mol. The molecule has 0 atom stereocenters. The maximum atomic E-state index is 4.85. The number of halogens is 3. The Kier molecular flexibility index (Phi) is 14.2. The van der Waals surface area contributed by atoms with E-state index in [0.29, 0.717) is 0 Å². The fourth-order valence-electron chi connectivity index (χ4n) is 0. The summed E-state index contributed by atoms with van der Waals surface area (Å²) >= 11 is 14.5. The van der Waals surface area contributed by atoms with E-state index in [1.807, 2.05) is 0 Å². The van der Waals surface area contributed by atoms with Crippen LogP contribution in [0.1, 0.15) is 0 Å². The first-order valence-electron chi connectivity index (χ1n) is 1.36. The molecule has 0 rings (SSSR count). The smallest absolute Gasteiger partial charge is 0.0936 e. The molecule has 0 amide bonds. The lowest BCUT2D eigenvalue weighted by molar-refractivity contribution is 2.45. The molecule has 0 aliphatic rings. The molecule has 0 aliphatic heterocycles. The van der Waals surface area contributed by atoms with Crippen LogP contribution in [0.5, 0.6) is 0 Å². The van der Waals surface area contributed by atoms with E-state index < -0.39 is 0 Å². The average Bonchev–Trinajstić information content (AvgIpc) is 1.33. The van der Waals surface area contributed by atoms with Gasteiger partial charge in [-0.05, 0) is 5.54 Å². The largest absolute Gasteiger partial charge is 0.0992 e. The Morgan fingerprint density at radius 3 is 1.43 bits per heavy atom. The summed E-state index contributed by atoms with van der Waals surface area (Å²) in [4.78, 5) is 0. The van der Waals surface area contributed by atoms with Crippen LogP contribution in [0.3, 0.4) is 0 Å². The summed E-state index contributed by atoms with van der Waals surface area (Å²) in [5, 5.41) is 0. The lowest BCUT2D eigenvalue weighted by Crippen LogP contribution is -1.24. The number of rotatable bonds is 0. The molecule has 0 unspecified atom stereocenters. The first-order valence-corrected chi connectivity index (χ1v) is 2.55. The van der Waals surface area contributed by atoms with Gasteiger partial charge in [0.05, 0.1) is 4.49 Å². The maximum absolute atomic E-state index is 4.85. The van der Waals surface area contributed by atoms with Crippen LogP contribution in [0.15, 0.2) is 23.2 Å². The zero-order valence-corrected chi connectivity index (χ0v) is 5.89. The van der Waals surface area contributed by atoms with E-state index in [0.717, 1.165) is 0 Å². The Bertz CT molecular complexity index is 54.0. The standard InChI is InChI=1S/C2H2Cl2.C2H3Cl/c1-2(3)4;1-2-3/h1H2;2H,1H2. The first-order chi connectivity index (χ1) is 3.15. The fourth-order valence-corrected chi connectivity index (χ4v) is 0. The topological polar surface area (TPSA) is 0 Å². The normalized spacial score (nSPS) is 5.57. The van der Waals surface area contributed by atoms with Crippen molar-refractivity contribution in [2.24, 2.45) is 0 Å². The summed E-state index contributed by atoms with van der Waals surface area (Å²) in [5.74, 6) is 0. The third-order valence-corrected chi connectivity index (χ3v) is 0. The molecule has 0 aromatic carbocycles. The minimum absolute atomic E-state index is 0.111. The second-order valence-corrected chi connectivity index (χ2v) is 1.91. The molecule has 0 heterocycles. The van der Waals surface area contributed by atoms with Crippen molar-refractivity contribution in [1.82, 2.24) is 0 Å². The highest BCUT2D eigenvalue weighted by Crippen LogP contribution is 1.98. The molecule has 0 N–H and O–H groups in total. The van der Waals surface area contributed by atoms with Crippen LogP contribution in [0, 0.1) is 0 Å². The molecule has 0 saturated carbocycles. The van der Waals surface area contributed by atoms with Gasteiger partial charge in [0.2, 0.25) is 0 Å². The van der Waals surface area contributed by atoms with E-state index in [-0.39, 0.29) is 4.49 Å². The second-order valence-electron chi connectivity index (χ2n) is 0.493. The monoisotopic (exact) mass is 158 g/mol. The molecule has 0 saturated heterocycles. The van der Waals surface area contributed by atoms with Gasteiger partial charge in [-0.15, -0.1) is 0 Å². The van der Waals surface area contributed by atoms with Gasteiger partial charge in [-0.1, -0.05) is 48.0 Å². The van der Waals surface area contributed by atoms with Gasteiger partial charge in [-0.2, -0.15) is 0 Å². The van der Waals surface area contributed by atoms with Crippen LogP contribution in [-0.4, -0.2) is 0 Å². The maximum Gasteiger partial charge on any atom is 0.0992 e. The van der Waals surface area contributed by atoms with E-state index in [1.54, 1.807) is 0 Å². The van der Waals surface area contributed by atoms with Crippen molar-refractivity contribution in [1.29, 1.82) is 0 Å². The Balaban J connectivity index is 0. The molecule has 42 valence electrons. The predicted octanol–water partition coefficient (Wildman–Crippen LogP) is 3.30. The zero-order chi connectivity index (χ0) is 6.28. The summed E-state index contributed by atoms with van der Waals surface area (Å²) in [7, 11) is 0. The average molecular weight is 159 g/mol. The molecule has 0 radical (unpaired) electrons. The van der Waals surface area contributed by atoms with E-state index >= 15 is 0 Å². The summed E-state index contributed by atoms with van der Waals surface area (Å²) in [6.45, 7) is 6.21. The van der Waals surface area contributed by atoms with Crippen molar-refractivity contribution >= 4 is 34.8 Å². The van der Waals surface area contributed by atoms with E-state index in [2.05, 4.69) is 13.2 Å². The van der Waals surface area contributed by atoms with Gasteiger partial charge in [0.25, 0.3) is 0 Å². The van der Waals surface area contributed by atoms with Gasteiger partial charge in [-0.3, -0.25) is 0 Å². The molecule has 0 fully saturated rings. The van der Waals surface area contributed by atoms with Gasteiger partial charge >= 0.3 is 0 Å². The van der Waals surface area contributed by atoms with Crippen LogP contribution in [0.25, 0.3) is 0 Å². The highest BCUT2D eigenvalue weighted by Gasteiger charge is 1.60. The summed E-state index contributed by atoms with van der Waals surface area (Å²) < 4.78 is 0.111. The fraction of sp³-hybridized carbons (Fsp3) is 0. The van der Waals surface area contributed by atoms with Crippen LogP contribution in [0.4, 0.5) is 0 Å². The Labute approximate surface area is 58.4 Å². The Morgan fingerprint density at radius 2 is 1.43 bits per heavy atom. The Hall–Kier alpha value is 0.350. The molecule has 0 aromatic rings. The molecule has 0 spiro atoms. The molecule has 0 aliphatic carbocycles.